The molecule has 0 unspecified atom stereocenters. The van der Waals surface area contributed by atoms with E-state index in [1.54, 1.807) is 6.20 Å². The van der Waals surface area contributed by atoms with Crippen molar-refractivity contribution < 1.29 is 0 Å². The van der Waals surface area contributed by atoms with Gasteiger partial charge in [0.05, 0.1) is 18.1 Å². The molecule has 3 aromatic heterocycles. The Labute approximate surface area is 174 Å². The summed E-state index contributed by atoms with van der Waals surface area (Å²) in [5.74, 6) is 3.38. The first-order chi connectivity index (χ1) is 14.7. The van der Waals surface area contributed by atoms with Gasteiger partial charge in [-0.2, -0.15) is 14.8 Å². The van der Waals surface area contributed by atoms with Gasteiger partial charge in [0.2, 0.25) is 0 Å². The Morgan fingerprint density at radius 2 is 1.97 bits per heavy atom. The lowest BCUT2D eigenvalue weighted by Crippen LogP contribution is -2.47. The molecule has 6 rings (SSSR count). The molecule has 150 valence electrons. The van der Waals surface area contributed by atoms with Crippen LogP contribution in [0.5, 0.6) is 0 Å². The van der Waals surface area contributed by atoms with Crippen LogP contribution in [0.3, 0.4) is 0 Å². The largest absolute Gasteiger partial charge is 0.342 e. The Kier molecular flexibility index (Phi) is 3.59. The molecule has 0 N–H and O–H groups in total. The van der Waals surface area contributed by atoms with E-state index in [1.165, 1.54) is 0 Å². The summed E-state index contributed by atoms with van der Waals surface area (Å²) in [6.45, 7) is 5.16. The third-order valence-corrected chi connectivity index (χ3v) is 6.45. The summed E-state index contributed by atoms with van der Waals surface area (Å²) >= 11 is 0. The van der Waals surface area contributed by atoms with E-state index in [0.29, 0.717) is 5.95 Å². The zero-order valence-electron chi connectivity index (χ0n) is 17.0. The second-order valence-corrected chi connectivity index (χ2v) is 7.92. The van der Waals surface area contributed by atoms with E-state index >= 15 is 0 Å². The molecule has 1 saturated heterocycles. The number of aromatic nitrogens is 7. The summed E-state index contributed by atoms with van der Waals surface area (Å²) in [4.78, 5) is 12.1. The quantitative estimate of drug-likeness (QED) is 0.526. The summed E-state index contributed by atoms with van der Waals surface area (Å²) in [6.07, 6.45) is 6.79. The lowest BCUT2D eigenvalue weighted by Gasteiger charge is -2.42. The molecule has 8 nitrogen and oxygen atoms in total. The van der Waals surface area contributed by atoms with Crippen molar-refractivity contribution in [2.45, 2.75) is 38.6 Å². The number of aryl methyl sites for hydroxylation is 1. The molecular weight excluding hydrogens is 376 g/mol. The van der Waals surface area contributed by atoms with Crippen molar-refractivity contribution in [1.29, 1.82) is 0 Å². The highest BCUT2D eigenvalue weighted by molar-refractivity contribution is 5.66. The summed E-state index contributed by atoms with van der Waals surface area (Å²) < 4.78 is 3.94. The van der Waals surface area contributed by atoms with Crippen molar-refractivity contribution in [3.8, 4) is 22.9 Å². The molecule has 8 heteroatoms. The zero-order chi connectivity index (χ0) is 20.3. The third kappa shape index (κ3) is 2.18. The van der Waals surface area contributed by atoms with Gasteiger partial charge >= 0.3 is 0 Å². The maximum absolute atomic E-state index is 5.04. The number of rotatable bonds is 3. The molecule has 2 aliphatic heterocycles. The number of benzene rings is 1. The molecule has 1 aromatic carbocycles. The molecule has 0 amide bonds. The second-order valence-electron chi connectivity index (χ2n) is 7.92. The van der Waals surface area contributed by atoms with Crippen LogP contribution in [0.2, 0.25) is 0 Å². The topological polar surface area (TPSA) is 77.5 Å². The minimum absolute atomic E-state index is 0.160. The van der Waals surface area contributed by atoms with Gasteiger partial charge in [-0.25, -0.2) is 4.98 Å². The van der Waals surface area contributed by atoms with Gasteiger partial charge in [-0.05, 0) is 32.3 Å². The molecule has 0 bridgehead atoms. The first kappa shape index (κ1) is 17.3. The summed E-state index contributed by atoms with van der Waals surface area (Å²) in [5.41, 5.74) is 2.83. The molecule has 0 aliphatic carbocycles. The lowest BCUT2D eigenvalue weighted by molar-refractivity contribution is 0.381. The van der Waals surface area contributed by atoms with E-state index < -0.39 is 0 Å². The molecule has 4 aromatic rings. The van der Waals surface area contributed by atoms with Gasteiger partial charge < -0.3 is 4.90 Å². The Bertz CT molecular complexity index is 1240. The standard InChI is InChI=1S/C22H22N8/c1-3-22-11-7-13-28(22)19-18(29-15(2)26-27-20(22)29)14-23-21(25-19)30-17(10-12-24-30)16-8-5-4-6-9-16/h4-6,8-10,12,14H,3,7,11,13H2,1-2H3/t22-/m0/s1. The predicted molar refractivity (Wildman–Crippen MR) is 113 cm³/mol. The fourth-order valence-electron chi connectivity index (χ4n) is 5.00. The molecule has 2 aliphatic rings. The average molecular weight is 398 g/mol. The van der Waals surface area contributed by atoms with E-state index in [1.807, 2.05) is 42.1 Å². The van der Waals surface area contributed by atoms with Gasteiger partial charge in [0.15, 0.2) is 11.6 Å². The molecule has 0 saturated carbocycles. The van der Waals surface area contributed by atoms with Crippen LogP contribution in [-0.2, 0) is 5.54 Å². The molecule has 5 heterocycles. The van der Waals surface area contributed by atoms with Crippen LogP contribution in [-0.4, -0.2) is 41.1 Å². The van der Waals surface area contributed by atoms with Crippen molar-refractivity contribution in [1.82, 2.24) is 34.5 Å². The fourth-order valence-corrected chi connectivity index (χ4v) is 5.00. The molecule has 1 atom stereocenters. The third-order valence-electron chi connectivity index (χ3n) is 6.45. The minimum atomic E-state index is -0.160. The van der Waals surface area contributed by atoms with E-state index in [9.17, 15) is 0 Å². The molecule has 0 radical (unpaired) electrons. The Balaban J connectivity index is 1.55. The Morgan fingerprint density at radius 3 is 2.80 bits per heavy atom. The highest BCUT2D eigenvalue weighted by atomic mass is 15.4. The maximum atomic E-state index is 5.04. The highest BCUT2D eigenvalue weighted by Gasteiger charge is 2.50. The van der Waals surface area contributed by atoms with Gasteiger partial charge in [-0.1, -0.05) is 37.3 Å². The van der Waals surface area contributed by atoms with E-state index in [-0.39, 0.29) is 5.54 Å². The van der Waals surface area contributed by atoms with Crippen LogP contribution in [0.1, 0.15) is 37.8 Å². The van der Waals surface area contributed by atoms with E-state index in [0.717, 1.165) is 60.2 Å². The smallest absolute Gasteiger partial charge is 0.253 e. The van der Waals surface area contributed by atoms with Gasteiger partial charge in [0, 0.05) is 12.1 Å². The van der Waals surface area contributed by atoms with Crippen LogP contribution in [0, 0.1) is 6.92 Å². The SMILES string of the molecule is CC[C@@]12CCCN1c1nc(-n3nccc3-c3ccccc3)ncc1-n1c(C)nnc12. The molecule has 1 fully saturated rings. The maximum Gasteiger partial charge on any atom is 0.253 e. The number of nitrogens with zero attached hydrogens (tertiary/aromatic N) is 8. The van der Waals surface area contributed by atoms with Crippen LogP contribution in [0.25, 0.3) is 22.9 Å². The number of hydrogen-bond acceptors (Lipinski definition) is 6. The molecule has 30 heavy (non-hydrogen) atoms. The van der Waals surface area contributed by atoms with E-state index in [2.05, 4.69) is 48.8 Å². The first-order valence-electron chi connectivity index (χ1n) is 10.4. The summed E-state index contributed by atoms with van der Waals surface area (Å²) in [7, 11) is 0. The van der Waals surface area contributed by atoms with Gasteiger partial charge in [-0.15, -0.1) is 10.2 Å². The summed E-state index contributed by atoms with van der Waals surface area (Å²) in [5, 5.41) is 13.5. The monoisotopic (exact) mass is 398 g/mol. The van der Waals surface area contributed by atoms with Gasteiger partial charge in [0.1, 0.15) is 17.1 Å². The zero-order valence-corrected chi connectivity index (χ0v) is 17.0. The van der Waals surface area contributed by atoms with Crippen molar-refractivity contribution in [2.75, 3.05) is 11.4 Å². The second kappa shape index (κ2) is 6.22. The van der Waals surface area contributed by atoms with Crippen molar-refractivity contribution in [2.24, 2.45) is 0 Å². The number of anilines is 1. The normalized spacial score (nSPS) is 19.5. The molecular formula is C22H22N8. The van der Waals surface area contributed by atoms with Crippen LogP contribution < -0.4 is 4.90 Å². The van der Waals surface area contributed by atoms with E-state index in [4.69, 9.17) is 4.98 Å². The Hall–Kier alpha value is -3.55. The number of fused-ring (bicyclic) bond motifs is 6. The summed E-state index contributed by atoms with van der Waals surface area (Å²) in [6, 6.07) is 12.2. The molecule has 0 spiro atoms. The fraction of sp³-hybridized carbons (Fsp3) is 0.318. The first-order valence-corrected chi connectivity index (χ1v) is 10.4. The lowest BCUT2D eigenvalue weighted by atomic mass is 9.90. The van der Waals surface area contributed by atoms with Crippen molar-refractivity contribution in [3.05, 3.63) is 60.4 Å². The van der Waals surface area contributed by atoms with Crippen LogP contribution >= 0.6 is 0 Å². The number of hydrogen-bond donors (Lipinski definition) is 0. The van der Waals surface area contributed by atoms with Crippen molar-refractivity contribution >= 4 is 5.82 Å². The average Bonchev–Trinajstić information content (AvgIpc) is 3.52. The minimum Gasteiger partial charge on any atom is -0.342 e. The Morgan fingerprint density at radius 1 is 1.10 bits per heavy atom. The highest BCUT2D eigenvalue weighted by Crippen LogP contribution is 2.49. The van der Waals surface area contributed by atoms with Crippen LogP contribution in [0.15, 0.2) is 48.8 Å². The van der Waals surface area contributed by atoms with Gasteiger partial charge in [0.25, 0.3) is 5.95 Å². The van der Waals surface area contributed by atoms with Crippen molar-refractivity contribution in [3.63, 3.8) is 0 Å². The predicted octanol–water partition coefficient (Wildman–Crippen LogP) is 3.44. The van der Waals surface area contributed by atoms with Crippen LogP contribution in [0.4, 0.5) is 5.82 Å². The van der Waals surface area contributed by atoms with Gasteiger partial charge in [-0.3, -0.25) is 4.57 Å².